The zero-order chi connectivity index (χ0) is 15.7. The van der Waals surface area contributed by atoms with Crippen LogP contribution in [0, 0.1) is 0 Å². The average Bonchev–Trinajstić information content (AvgIpc) is 3.18. The maximum Gasteiger partial charge on any atom is 0.0731 e. The first kappa shape index (κ1) is 12.2. The van der Waals surface area contributed by atoms with Gasteiger partial charge in [-0.25, -0.2) is 0 Å². The standard InChI is InChI=1S/C22H14N2/c1-2-6-14(7-3-1)24-20-13-11-18-16-9-5-4-8-15(16)17-10-12-19(23-24)22(20)21(17)18/h1-13,23H. The van der Waals surface area contributed by atoms with Crippen molar-refractivity contribution in [1.82, 2.24) is 9.78 Å². The molecule has 0 atom stereocenters. The van der Waals surface area contributed by atoms with Gasteiger partial charge in [0, 0.05) is 10.8 Å². The van der Waals surface area contributed by atoms with E-state index in [-0.39, 0.29) is 0 Å². The summed E-state index contributed by atoms with van der Waals surface area (Å²) in [7, 11) is 0. The Balaban J connectivity index is 1.87. The molecule has 112 valence electrons. The summed E-state index contributed by atoms with van der Waals surface area (Å²) in [5.74, 6) is 0. The molecule has 0 aliphatic rings. The van der Waals surface area contributed by atoms with E-state index >= 15 is 0 Å². The largest absolute Gasteiger partial charge is 0.293 e. The number of nitrogens with zero attached hydrogens (tertiary/aromatic N) is 1. The van der Waals surface area contributed by atoms with Gasteiger partial charge in [-0.15, -0.1) is 0 Å². The molecule has 0 unspecified atom stereocenters. The van der Waals surface area contributed by atoms with E-state index < -0.39 is 0 Å². The summed E-state index contributed by atoms with van der Waals surface area (Å²) in [6.45, 7) is 0. The van der Waals surface area contributed by atoms with E-state index in [2.05, 4.69) is 82.6 Å². The summed E-state index contributed by atoms with van der Waals surface area (Å²) >= 11 is 0. The van der Waals surface area contributed by atoms with Crippen molar-refractivity contribution in [3.05, 3.63) is 78.9 Å². The zero-order valence-electron chi connectivity index (χ0n) is 13.0. The van der Waals surface area contributed by atoms with Gasteiger partial charge in [-0.1, -0.05) is 54.6 Å². The van der Waals surface area contributed by atoms with Crippen LogP contribution in [0.3, 0.4) is 0 Å². The van der Waals surface area contributed by atoms with Gasteiger partial charge in [0.25, 0.3) is 0 Å². The first-order valence-corrected chi connectivity index (χ1v) is 8.23. The third kappa shape index (κ3) is 1.36. The number of hydrogen-bond donors (Lipinski definition) is 1. The highest BCUT2D eigenvalue weighted by Gasteiger charge is 2.17. The molecule has 0 spiro atoms. The van der Waals surface area contributed by atoms with Crippen molar-refractivity contribution >= 4 is 43.4 Å². The van der Waals surface area contributed by atoms with E-state index in [1.807, 2.05) is 6.07 Å². The molecule has 6 rings (SSSR count). The molecule has 1 aromatic heterocycles. The summed E-state index contributed by atoms with van der Waals surface area (Å²) in [6, 6.07) is 28.1. The van der Waals surface area contributed by atoms with Crippen LogP contribution < -0.4 is 0 Å². The van der Waals surface area contributed by atoms with Crippen LogP contribution in [0.2, 0.25) is 0 Å². The first-order valence-electron chi connectivity index (χ1n) is 8.23. The first-order chi connectivity index (χ1) is 11.9. The van der Waals surface area contributed by atoms with Gasteiger partial charge in [-0.2, -0.15) is 0 Å². The molecule has 0 fully saturated rings. The zero-order valence-corrected chi connectivity index (χ0v) is 13.0. The van der Waals surface area contributed by atoms with Gasteiger partial charge in [0.2, 0.25) is 0 Å². The minimum absolute atomic E-state index is 1.15. The lowest BCUT2D eigenvalue weighted by molar-refractivity contribution is 0.929. The van der Waals surface area contributed by atoms with Crippen LogP contribution in [0.25, 0.3) is 49.0 Å². The Morgan fingerprint density at radius 1 is 0.542 bits per heavy atom. The van der Waals surface area contributed by atoms with Crippen LogP contribution in [0.15, 0.2) is 78.9 Å². The molecule has 0 aliphatic heterocycles. The Morgan fingerprint density at radius 3 is 1.96 bits per heavy atom. The van der Waals surface area contributed by atoms with Crippen LogP contribution in [0.1, 0.15) is 0 Å². The molecule has 1 heterocycles. The number of nitrogens with one attached hydrogen (secondary N) is 1. The monoisotopic (exact) mass is 306 g/mol. The molecule has 6 aromatic rings. The van der Waals surface area contributed by atoms with Crippen LogP contribution in [-0.2, 0) is 0 Å². The number of benzene rings is 4. The summed E-state index contributed by atoms with van der Waals surface area (Å²) in [4.78, 5) is 0. The summed E-state index contributed by atoms with van der Waals surface area (Å²) in [5.41, 5.74) is 3.56. The fourth-order valence-corrected chi connectivity index (χ4v) is 4.12. The quantitative estimate of drug-likeness (QED) is 0.393. The van der Waals surface area contributed by atoms with Crippen LogP contribution in [0.4, 0.5) is 0 Å². The second kappa shape index (κ2) is 4.18. The fraction of sp³-hybridized carbons (Fsp3) is 0. The molecule has 0 saturated heterocycles. The summed E-state index contributed by atoms with van der Waals surface area (Å²) < 4.78 is 2.18. The van der Waals surface area contributed by atoms with Crippen molar-refractivity contribution < 1.29 is 0 Å². The predicted octanol–water partition coefficient (Wildman–Crippen LogP) is 5.86. The van der Waals surface area contributed by atoms with Gasteiger partial charge in [-0.3, -0.25) is 9.78 Å². The molecule has 24 heavy (non-hydrogen) atoms. The third-order valence-corrected chi connectivity index (χ3v) is 5.13. The van der Waals surface area contributed by atoms with Crippen molar-refractivity contribution in [2.75, 3.05) is 0 Å². The molecule has 1 N–H and O–H groups in total. The Hall–Kier alpha value is -3.26. The normalized spacial score (nSPS) is 12.2. The van der Waals surface area contributed by atoms with Crippen molar-refractivity contribution in [1.29, 1.82) is 0 Å². The number of para-hydroxylation sites is 1. The molecule has 0 radical (unpaired) electrons. The lowest BCUT2D eigenvalue weighted by Crippen LogP contribution is -1.94. The van der Waals surface area contributed by atoms with Gasteiger partial charge in [0.15, 0.2) is 0 Å². The molecule has 2 heteroatoms. The molecule has 0 bridgehead atoms. The maximum atomic E-state index is 3.57. The minimum Gasteiger partial charge on any atom is -0.293 e. The molecular formula is C22H14N2. The van der Waals surface area contributed by atoms with E-state index in [0.29, 0.717) is 0 Å². The SMILES string of the molecule is c1ccc(-n2[nH]c3ccc4c5ccccc5c5ccc2c3c45)cc1. The van der Waals surface area contributed by atoms with Gasteiger partial charge in [0.1, 0.15) is 0 Å². The Labute approximate surface area is 138 Å². The minimum atomic E-state index is 1.15. The van der Waals surface area contributed by atoms with Gasteiger partial charge < -0.3 is 0 Å². The summed E-state index contributed by atoms with van der Waals surface area (Å²) in [6.07, 6.45) is 0. The fourth-order valence-electron chi connectivity index (χ4n) is 4.12. The van der Waals surface area contributed by atoms with E-state index in [9.17, 15) is 0 Å². The smallest absolute Gasteiger partial charge is 0.0731 e. The highest BCUT2D eigenvalue weighted by Crippen LogP contribution is 2.42. The maximum absolute atomic E-state index is 3.57. The Bertz CT molecular complexity index is 1300. The van der Waals surface area contributed by atoms with E-state index in [1.54, 1.807) is 0 Å². The van der Waals surface area contributed by atoms with Gasteiger partial charge >= 0.3 is 0 Å². The lowest BCUT2D eigenvalue weighted by Gasteiger charge is -2.04. The number of rotatable bonds is 1. The molecule has 5 aromatic carbocycles. The number of aromatic nitrogens is 2. The number of aromatic amines is 1. The van der Waals surface area contributed by atoms with Crippen molar-refractivity contribution in [2.45, 2.75) is 0 Å². The van der Waals surface area contributed by atoms with Crippen LogP contribution >= 0.6 is 0 Å². The molecule has 0 amide bonds. The third-order valence-electron chi connectivity index (χ3n) is 5.13. The highest BCUT2D eigenvalue weighted by molar-refractivity contribution is 6.34. The van der Waals surface area contributed by atoms with Crippen LogP contribution in [0.5, 0.6) is 0 Å². The average molecular weight is 306 g/mol. The van der Waals surface area contributed by atoms with E-state index in [1.165, 1.54) is 43.4 Å². The molecular weight excluding hydrogens is 292 g/mol. The van der Waals surface area contributed by atoms with Crippen molar-refractivity contribution in [3.63, 3.8) is 0 Å². The van der Waals surface area contributed by atoms with E-state index in [4.69, 9.17) is 0 Å². The Morgan fingerprint density at radius 2 is 1.21 bits per heavy atom. The number of hydrogen-bond acceptors (Lipinski definition) is 0. The molecule has 2 nitrogen and oxygen atoms in total. The molecule has 0 aliphatic carbocycles. The van der Waals surface area contributed by atoms with Crippen molar-refractivity contribution in [2.24, 2.45) is 0 Å². The predicted molar refractivity (Wildman–Crippen MR) is 101 cm³/mol. The van der Waals surface area contributed by atoms with Gasteiger partial charge in [0.05, 0.1) is 16.7 Å². The highest BCUT2D eigenvalue weighted by atomic mass is 15.3. The van der Waals surface area contributed by atoms with Crippen LogP contribution in [-0.4, -0.2) is 9.78 Å². The topological polar surface area (TPSA) is 20.7 Å². The van der Waals surface area contributed by atoms with Crippen molar-refractivity contribution in [3.8, 4) is 5.69 Å². The second-order valence-corrected chi connectivity index (χ2v) is 6.37. The van der Waals surface area contributed by atoms with Gasteiger partial charge in [-0.05, 0) is 45.8 Å². The number of fused-ring (bicyclic) bond motifs is 3. The second-order valence-electron chi connectivity index (χ2n) is 6.37. The summed E-state index contributed by atoms with van der Waals surface area (Å²) in [5, 5.41) is 11.6. The lowest BCUT2D eigenvalue weighted by atomic mass is 10.0. The number of H-pyrrole nitrogens is 1. The van der Waals surface area contributed by atoms with E-state index in [0.717, 1.165) is 5.69 Å². The Kier molecular flexibility index (Phi) is 2.12. The molecule has 0 saturated carbocycles.